The molecule has 0 unspecified atom stereocenters. The molecule has 0 saturated carbocycles. The van der Waals surface area contributed by atoms with Crippen molar-refractivity contribution in [1.82, 2.24) is 4.90 Å². The van der Waals surface area contributed by atoms with Gasteiger partial charge in [-0.05, 0) is 42.8 Å². The molecule has 0 bridgehead atoms. The third-order valence-corrected chi connectivity index (χ3v) is 3.56. The van der Waals surface area contributed by atoms with Gasteiger partial charge in [-0.15, -0.1) is 0 Å². The lowest BCUT2D eigenvalue weighted by molar-refractivity contribution is 0.0786. The average Bonchev–Trinajstić information content (AvgIpc) is 2.39. The first-order chi connectivity index (χ1) is 9.86. The van der Waals surface area contributed by atoms with E-state index >= 15 is 0 Å². The Morgan fingerprint density at radius 3 is 2.38 bits per heavy atom. The van der Waals surface area contributed by atoms with Crippen molar-refractivity contribution < 1.29 is 4.79 Å². The highest BCUT2D eigenvalue weighted by Crippen LogP contribution is 2.21. The van der Waals surface area contributed by atoms with Crippen molar-refractivity contribution in [3.8, 4) is 0 Å². The van der Waals surface area contributed by atoms with Gasteiger partial charge in [0.05, 0.1) is 5.56 Å². The molecule has 110 valence electrons. The minimum Gasteiger partial charge on any atom is -0.398 e. The van der Waals surface area contributed by atoms with Crippen molar-refractivity contribution in [3.05, 3.63) is 63.1 Å². The number of nitrogens with zero attached hydrogens (tertiary/aromatic N) is 1. The number of carbonyl (C=O) groups is 1. The summed E-state index contributed by atoms with van der Waals surface area (Å²) < 4.78 is 0. The number of rotatable bonds is 3. The molecule has 0 saturated heterocycles. The Labute approximate surface area is 134 Å². The first-order valence-corrected chi connectivity index (χ1v) is 7.19. The lowest BCUT2D eigenvalue weighted by Crippen LogP contribution is -2.27. The van der Waals surface area contributed by atoms with Crippen molar-refractivity contribution in [2.24, 2.45) is 0 Å². The molecular formula is C16H16Cl2N2O. The predicted octanol–water partition coefficient (Wildman–Crippen LogP) is 4.16. The first kappa shape index (κ1) is 15.7. The maximum atomic E-state index is 12.5. The summed E-state index contributed by atoms with van der Waals surface area (Å²) in [6, 6.07) is 10.6. The van der Waals surface area contributed by atoms with Crippen LogP contribution in [0.3, 0.4) is 0 Å². The van der Waals surface area contributed by atoms with Crippen LogP contribution >= 0.6 is 23.2 Å². The van der Waals surface area contributed by atoms with Crippen LogP contribution in [-0.2, 0) is 6.54 Å². The summed E-state index contributed by atoms with van der Waals surface area (Å²) in [4.78, 5) is 14.1. The lowest BCUT2D eigenvalue weighted by Gasteiger charge is -2.19. The fourth-order valence-corrected chi connectivity index (χ4v) is 2.68. The van der Waals surface area contributed by atoms with E-state index in [2.05, 4.69) is 0 Å². The van der Waals surface area contributed by atoms with Crippen LogP contribution in [0.1, 0.15) is 21.5 Å². The Kier molecular flexibility index (Phi) is 4.76. The van der Waals surface area contributed by atoms with Crippen molar-refractivity contribution in [2.75, 3.05) is 12.8 Å². The van der Waals surface area contributed by atoms with Crippen molar-refractivity contribution in [2.45, 2.75) is 13.5 Å². The molecule has 21 heavy (non-hydrogen) atoms. The van der Waals surface area contributed by atoms with Gasteiger partial charge in [0.2, 0.25) is 0 Å². The van der Waals surface area contributed by atoms with E-state index in [0.29, 0.717) is 27.8 Å². The smallest absolute Gasteiger partial charge is 0.255 e. The second-order valence-corrected chi connectivity index (χ2v) is 5.90. The minimum atomic E-state index is -0.132. The number of anilines is 1. The van der Waals surface area contributed by atoms with E-state index in [4.69, 9.17) is 28.9 Å². The van der Waals surface area contributed by atoms with Gasteiger partial charge in [0.1, 0.15) is 0 Å². The lowest BCUT2D eigenvalue weighted by atomic mass is 10.1. The van der Waals surface area contributed by atoms with E-state index in [1.807, 2.05) is 13.0 Å². The Bertz CT molecular complexity index is 666. The van der Waals surface area contributed by atoms with Crippen LogP contribution in [0.5, 0.6) is 0 Å². The van der Waals surface area contributed by atoms with E-state index in [9.17, 15) is 4.79 Å². The van der Waals surface area contributed by atoms with Crippen LogP contribution < -0.4 is 5.73 Å². The number of carbonyl (C=O) groups excluding carboxylic acids is 1. The molecule has 5 heteroatoms. The second kappa shape index (κ2) is 6.37. The van der Waals surface area contributed by atoms with E-state index in [-0.39, 0.29) is 5.91 Å². The topological polar surface area (TPSA) is 46.3 Å². The number of halogens is 2. The molecule has 2 aromatic rings. The van der Waals surface area contributed by atoms with Crippen molar-refractivity contribution >= 4 is 34.8 Å². The Balaban J connectivity index is 2.21. The Morgan fingerprint density at radius 2 is 1.76 bits per heavy atom. The number of aryl methyl sites for hydroxylation is 1. The van der Waals surface area contributed by atoms with Crippen molar-refractivity contribution in [1.29, 1.82) is 0 Å². The summed E-state index contributed by atoms with van der Waals surface area (Å²) >= 11 is 11.9. The molecule has 0 aliphatic carbocycles. The van der Waals surface area contributed by atoms with Crippen molar-refractivity contribution in [3.63, 3.8) is 0 Å². The van der Waals surface area contributed by atoms with Gasteiger partial charge in [-0.3, -0.25) is 4.79 Å². The monoisotopic (exact) mass is 322 g/mol. The number of amides is 1. The number of benzene rings is 2. The molecular weight excluding hydrogens is 307 g/mol. The fraction of sp³-hybridized carbons (Fsp3) is 0.188. The van der Waals surface area contributed by atoms with Crippen LogP contribution in [-0.4, -0.2) is 17.9 Å². The van der Waals surface area contributed by atoms with Gasteiger partial charge in [-0.25, -0.2) is 0 Å². The molecule has 1 amide bonds. The van der Waals surface area contributed by atoms with E-state index in [0.717, 1.165) is 11.1 Å². The zero-order valence-electron chi connectivity index (χ0n) is 11.9. The van der Waals surface area contributed by atoms with E-state index in [1.54, 1.807) is 42.3 Å². The first-order valence-electron chi connectivity index (χ1n) is 6.43. The molecule has 0 aliphatic rings. The normalized spacial score (nSPS) is 10.5. The largest absolute Gasteiger partial charge is 0.398 e. The standard InChI is InChI=1S/C16H16Cl2N2O/c1-10-3-4-15(19)14(5-10)16(21)20(2)9-11-6-12(17)8-13(18)7-11/h3-8H,9,19H2,1-2H3. The average molecular weight is 323 g/mol. The summed E-state index contributed by atoms with van der Waals surface area (Å²) in [6.45, 7) is 2.33. The highest BCUT2D eigenvalue weighted by molar-refractivity contribution is 6.34. The SMILES string of the molecule is Cc1ccc(N)c(C(=O)N(C)Cc2cc(Cl)cc(Cl)c2)c1. The highest BCUT2D eigenvalue weighted by atomic mass is 35.5. The van der Waals surface area contributed by atoms with Gasteiger partial charge >= 0.3 is 0 Å². The molecule has 0 radical (unpaired) electrons. The predicted molar refractivity (Wildman–Crippen MR) is 87.9 cm³/mol. The van der Waals surface area contributed by atoms with Gasteiger partial charge in [-0.1, -0.05) is 34.8 Å². The van der Waals surface area contributed by atoms with Gasteiger partial charge in [0.15, 0.2) is 0 Å². The van der Waals surface area contributed by atoms with Crippen LogP contribution in [0, 0.1) is 6.92 Å². The third-order valence-electron chi connectivity index (χ3n) is 3.13. The third kappa shape index (κ3) is 3.90. The van der Waals surface area contributed by atoms with Gasteiger partial charge in [-0.2, -0.15) is 0 Å². The molecule has 0 atom stereocenters. The molecule has 0 fully saturated rings. The van der Waals surface area contributed by atoms with E-state index < -0.39 is 0 Å². The number of nitrogen functional groups attached to an aromatic ring is 1. The summed E-state index contributed by atoms with van der Waals surface area (Å²) in [7, 11) is 1.72. The van der Waals surface area contributed by atoms with Gasteiger partial charge in [0, 0.05) is 29.3 Å². The second-order valence-electron chi connectivity index (χ2n) is 5.03. The zero-order chi connectivity index (χ0) is 15.6. The molecule has 0 aliphatic heterocycles. The summed E-state index contributed by atoms with van der Waals surface area (Å²) in [5.74, 6) is -0.132. The number of hydrogen-bond acceptors (Lipinski definition) is 2. The van der Waals surface area contributed by atoms with Crippen LogP contribution in [0.4, 0.5) is 5.69 Å². The summed E-state index contributed by atoms with van der Waals surface area (Å²) in [5.41, 5.74) is 8.72. The molecule has 0 aromatic heterocycles. The fourth-order valence-electron chi connectivity index (χ4n) is 2.11. The molecule has 2 N–H and O–H groups in total. The Morgan fingerprint density at radius 1 is 1.14 bits per heavy atom. The molecule has 2 rings (SSSR count). The van der Waals surface area contributed by atoms with Crippen LogP contribution in [0.25, 0.3) is 0 Å². The molecule has 3 nitrogen and oxygen atoms in total. The van der Waals surface area contributed by atoms with Crippen LogP contribution in [0.15, 0.2) is 36.4 Å². The maximum Gasteiger partial charge on any atom is 0.255 e. The summed E-state index contributed by atoms with van der Waals surface area (Å²) in [5, 5.41) is 1.10. The van der Waals surface area contributed by atoms with Gasteiger partial charge < -0.3 is 10.6 Å². The highest BCUT2D eigenvalue weighted by Gasteiger charge is 2.15. The molecule has 0 spiro atoms. The van der Waals surface area contributed by atoms with Gasteiger partial charge in [0.25, 0.3) is 5.91 Å². The maximum absolute atomic E-state index is 12.5. The molecule has 2 aromatic carbocycles. The Hall–Kier alpha value is -1.71. The zero-order valence-corrected chi connectivity index (χ0v) is 13.4. The number of hydrogen-bond donors (Lipinski definition) is 1. The number of nitrogens with two attached hydrogens (primary N) is 1. The van der Waals surface area contributed by atoms with E-state index in [1.165, 1.54) is 0 Å². The molecule has 0 heterocycles. The quantitative estimate of drug-likeness (QED) is 0.862. The summed E-state index contributed by atoms with van der Waals surface area (Å²) in [6.07, 6.45) is 0. The van der Waals surface area contributed by atoms with Crippen LogP contribution in [0.2, 0.25) is 10.0 Å². The minimum absolute atomic E-state index is 0.132.